The van der Waals surface area contributed by atoms with Crippen molar-refractivity contribution in [2.75, 3.05) is 0 Å². The molecule has 0 radical (unpaired) electrons. The van der Waals surface area contributed by atoms with E-state index < -0.39 is 0 Å². The van der Waals surface area contributed by atoms with Gasteiger partial charge in [0.2, 0.25) is 0 Å². The molecule has 0 fully saturated rings. The van der Waals surface area contributed by atoms with Crippen LogP contribution in [0.25, 0.3) is 0 Å². The molecule has 2 N–H and O–H groups in total. The fourth-order valence-corrected chi connectivity index (χ4v) is 2.83. The Balaban J connectivity index is 2.28. The molecule has 5 heteroatoms. The van der Waals surface area contributed by atoms with Gasteiger partial charge in [-0.2, -0.15) is 5.10 Å². The van der Waals surface area contributed by atoms with Crippen LogP contribution in [0, 0.1) is 0 Å². The maximum atomic E-state index is 6.38. The number of aromatic nitrogens is 3. The first-order valence-corrected chi connectivity index (χ1v) is 7.34. The largest absolute Gasteiger partial charge is 0.324 e. The molecule has 4 nitrogen and oxygen atoms in total. The van der Waals surface area contributed by atoms with Crippen molar-refractivity contribution in [3.63, 3.8) is 0 Å². The van der Waals surface area contributed by atoms with Gasteiger partial charge in [-0.25, -0.2) is 0 Å². The van der Waals surface area contributed by atoms with Crippen molar-refractivity contribution in [2.24, 2.45) is 12.8 Å². The minimum Gasteiger partial charge on any atom is -0.324 e. The van der Waals surface area contributed by atoms with Gasteiger partial charge in [0.1, 0.15) is 0 Å². The van der Waals surface area contributed by atoms with Crippen LogP contribution in [0.5, 0.6) is 0 Å². The summed E-state index contributed by atoms with van der Waals surface area (Å²) in [7, 11) is 1.92. The summed E-state index contributed by atoms with van der Waals surface area (Å²) in [5.41, 5.74) is 10.6. The van der Waals surface area contributed by atoms with Crippen molar-refractivity contribution < 1.29 is 0 Å². The van der Waals surface area contributed by atoms with Crippen LogP contribution in [0.15, 0.2) is 18.5 Å². The van der Waals surface area contributed by atoms with Crippen LogP contribution in [0.4, 0.5) is 0 Å². The van der Waals surface area contributed by atoms with E-state index in [1.54, 1.807) is 6.20 Å². The second-order valence-electron chi connectivity index (χ2n) is 4.92. The maximum Gasteiger partial charge on any atom is 0.0850 e. The molecule has 2 heterocycles. The minimum atomic E-state index is -0.0921. The molecule has 0 saturated heterocycles. The molecule has 2 rings (SSSR count). The van der Waals surface area contributed by atoms with Gasteiger partial charge in [-0.05, 0) is 30.0 Å². The van der Waals surface area contributed by atoms with Crippen LogP contribution >= 0.6 is 11.6 Å². The van der Waals surface area contributed by atoms with Gasteiger partial charge < -0.3 is 5.73 Å². The normalized spacial score (nSPS) is 12.7. The Bertz CT molecular complexity index is 592. The van der Waals surface area contributed by atoms with Gasteiger partial charge >= 0.3 is 0 Å². The molecular formula is C15H21ClN4. The number of pyridine rings is 1. The Hall–Kier alpha value is -1.39. The molecule has 0 bridgehead atoms. The number of hydrogen-bond acceptors (Lipinski definition) is 3. The summed E-state index contributed by atoms with van der Waals surface area (Å²) in [4.78, 5) is 4.16. The average Bonchev–Trinajstić information content (AvgIpc) is 2.74. The summed E-state index contributed by atoms with van der Waals surface area (Å²) in [6.07, 6.45) is 6.11. The number of nitrogens with zero attached hydrogens (tertiary/aromatic N) is 3. The standard InChI is InChI=1S/C15H21ClN4/c1-4-10-9-18-7-6-11(10)12(17)8-14-15(16)13(5-2)19-20(14)3/h6-7,9,12H,4-5,8,17H2,1-3H3. The molecule has 20 heavy (non-hydrogen) atoms. The maximum absolute atomic E-state index is 6.38. The topological polar surface area (TPSA) is 56.7 Å². The summed E-state index contributed by atoms with van der Waals surface area (Å²) in [6, 6.07) is 1.90. The first-order valence-electron chi connectivity index (χ1n) is 6.97. The van der Waals surface area contributed by atoms with Crippen LogP contribution < -0.4 is 5.73 Å². The van der Waals surface area contributed by atoms with Crippen molar-refractivity contribution in [1.82, 2.24) is 14.8 Å². The van der Waals surface area contributed by atoms with Crippen molar-refractivity contribution in [2.45, 2.75) is 39.2 Å². The van der Waals surface area contributed by atoms with E-state index in [0.717, 1.165) is 34.8 Å². The smallest absolute Gasteiger partial charge is 0.0850 e. The Morgan fingerprint density at radius 3 is 2.70 bits per heavy atom. The molecule has 0 aliphatic carbocycles. The van der Waals surface area contributed by atoms with Crippen LogP contribution in [-0.4, -0.2) is 14.8 Å². The summed E-state index contributed by atoms with van der Waals surface area (Å²) in [5.74, 6) is 0. The van der Waals surface area contributed by atoms with Gasteiger partial charge in [-0.1, -0.05) is 25.4 Å². The van der Waals surface area contributed by atoms with Crippen molar-refractivity contribution in [1.29, 1.82) is 0 Å². The Morgan fingerprint density at radius 1 is 1.35 bits per heavy atom. The average molecular weight is 293 g/mol. The van der Waals surface area contributed by atoms with Gasteiger partial charge in [0.15, 0.2) is 0 Å². The lowest BCUT2D eigenvalue weighted by molar-refractivity contribution is 0.634. The zero-order chi connectivity index (χ0) is 14.7. The number of aryl methyl sites for hydroxylation is 3. The first kappa shape index (κ1) is 15.0. The van der Waals surface area contributed by atoms with E-state index >= 15 is 0 Å². The lowest BCUT2D eigenvalue weighted by atomic mass is 9.98. The molecule has 1 atom stereocenters. The van der Waals surface area contributed by atoms with Crippen LogP contribution in [0.1, 0.15) is 42.4 Å². The van der Waals surface area contributed by atoms with E-state index in [0.29, 0.717) is 6.42 Å². The molecule has 1 unspecified atom stereocenters. The van der Waals surface area contributed by atoms with E-state index in [4.69, 9.17) is 17.3 Å². The first-order chi connectivity index (χ1) is 9.58. The Morgan fingerprint density at radius 2 is 2.10 bits per heavy atom. The predicted molar refractivity (Wildman–Crippen MR) is 81.8 cm³/mol. The number of rotatable bonds is 5. The Kier molecular flexibility index (Phi) is 4.78. The van der Waals surface area contributed by atoms with Crippen LogP contribution in [-0.2, 0) is 26.3 Å². The van der Waals surface area contributed by atoms with Gasteiger partial charge in [-0.3, -0.25) is 9.67 Å². The third-order valence-electron chi connectivity index (χ3n) is 3.64. The zero-order valence-electron chi connectivity index (χ0n) is 12.2. The van der Waals surface area contributed by atoms with Gasteiger partial charge in [0, 0.05) is 31.9 Å². The molecule has 0 amide bonds. The molecule has 2 aromatic heterocycles. The fraction of sp³-hybridized carbons (Fsp3) is 0.467. The molecule has 0 aromatic carbocycles. The van der Waals surface area contributed by atoms with E-state index in [1.165, 1.54) is 5.56 Å². The summed E-state index contributed by atoms with van der Waals surface area (Å²) in [5, 5.41) is 5.18. The second-order valence-corrected chi connectivity index (χ2v) is 5.30. The number of nitrogens with two attached hydrogens (primary N) is 1. The van der Waals surface area contributed by atoms with Gasteiger partial charge in [0.25, 0.3) is 0 Å². The van der Waals surface area contributed by atoms with Gasteiger partial charge in [0.05, 0.1) is 16.4 Å². The molecule has 0 spiro atoms. The minimum absolute atomic E-state index is 0.0921. The molecule has 0 aliphatic rings. The highest BCUT2D eigenvalue weighted by molar-refractivity contribution is 6.31. The fourth-order valence-electron chi connectivity index (χ4n) is 2.45. The summed E-state index contributed by atoms with van der Waals surface area (Å²) >= 11 is 6.38. The van der Waals surface area contributed by atoms with E-state index in [2.05, 4.69) is 23.9 Å². The highest BCUT2D eigenvalue weighted by Crippen LogP contribution is 2.26. The second kappa shape index (κ2) is 6.37. The quantitative estimate of drug-likeness (QED) is 0.922. The highest BCUT2D eigenvalue weighted by atomic mass is 35.5. The number of halogens is 1. The van der Waals surface area contributed by atoms with Crippen molar-refractivity contribution in [3.8, 4) is 0 Å². The van der Waals surface area contributed by atoms with Crippen molar-refractivity contribution >= 4 is 11.6 Å². The summed E-state index contributed by atoms with van der Waals surface area (Å²) < 4.78 is 1.84. The number of hydrogen-bond donors (Lipinski definition) is 1. The molecule has 0 saturated carbocycles. The van der Waals surface area contributed by atoms with Gasteiger partial charge in [-0.15, -0.1) is 0 Å². The third-order valence-corrected chi connectivity index (χ3v) is 4.07. The molecule has 2 aromatic rings. The monoisotopic (exact) mass is 292 g/mol. The van der Waals surface area contributed by atoms with E-state index in [9.17, 15) is 0 Å². The molecule has 108 valence electrons. The van der Waals surface area contributed by atoms with E-state index in [1.807, 2.05) is 24.0 Å². The van der Waals surface area contributed by atoms with Crippen LogP contribution in [0.2, 0.25) is 5.02 Å². The predicted octanol–water partition coefficient (Wildman–Crippen LogP) is 2.84. The summed E-state index contributed by atoms with van der Waals surface area (Å²) in [6.45, 7) is 4.16. The third kappa shape index (κ3) is 2.86. The SMILES string of the molecule is CCc1cnccc1C(N)Cc1c(Cl)c(CC)nn1C. The zero-order valence-corrected chi connectivity index (χ0v) is 13.0. The lowest BCUT2D eigenvalue weighted by Gasteiger charge is -2.15. The van der Waals surface area contributed by atoms with Crippen molar-refractivity contribution in [3.05, 3.63) is 46.0 Å². The molecule has 0 aliphatic heterocycles. The highest BCUT2D eigenvalue weighted by Gasteiger charge is 2.18. The lowest BCUT2D eigenvalue weighted by Crippen LogP contribution is -2.17. The van der Waals surface area contributed by atoms with Crippen LogP contribution in [0.3, 0.4) is 0 Å². The Labute approximate surface area is 125 Å². The molecular weight excluding hydrogens is 272 g/mol. The van der Waals surface area contributed by atoms with E-state index in [-0.39, 0.29) is 6.04 Å².